The third-order valence-electron chi connectivity index (χ3n) is 1.58. The Labute approximate surface area is 66.8 Å². The van der Waals surface area contributed by atoms with Gasteiger partial charge < -0.3 is 0 Å². The lowest BCUT2D eigenvalue weighted by Gasteiger charge is -2.04. The molecule has 0 saturated heterocycles. The predicted octanol–water partition coefficient (Wildman–Crippen LogP) is 3.21. The van der Waals surface area contributed by atoms with E-state index >= 15 is 0 Å². The zero-order chi connectivity index (χ0) is 9.30. The summed E-state index contributed by atoms with van der Waals surface area (Å²) in [7, 11) is 0. The minimum atomic E-state index is -2.84. The summed E-state index contributed by atoms with van der Waals surface area (Å²) in [5.74, 6) is -1.92. The van der Waals surface area contributed by atoms with Crippen molar-refractivity contribution in [2.75, 3.05) is 0 Å². The smallest absolute Gasteiger partial charge is 0.207 e. The Hall–Kier alpha value is -1.06. The molecule has 1 rings (SSSR count). The monoisotopic (exact) mass is 178 g/mol. The molecule has 0 nitrogen and oxygen atoms in total. The fourth-order valence-corrected chi connectivity index (χ4v) is 0.892. The lowest BCUT2D eigenvalue weighted by Crippen LogP contribution is -1.95. The first-order valence-electron chi connectivity index (χ1n) is 3.26. The van der Waals surface area contributed by atoms with Crippen LogP contribution in [0.15, 0.2) is 12.1 Å². The Morgan fingerprint density at radius 3 is 2.25 bits per heavy atom. The summed E-state index contributed by atoms with van der Waals surface area (Å²) < 4.78 is 49.1. The summed E-state index contributed by atoms with van der Waals surface area (Å²) in [4.78, 5) is 0. The van der Waals surface area contributed by atoms with Gasteiger partial charge in [0, 0.05) is 11.6 Å². The van der Waals surface area contributed by atoms with Crippen molar-refractivity contribution < 1.29 is 17.6 Å². The highest BCUT2D eigenvalue weighted by molar-refractivity contribution is 5.28. The predicted molar refractivity (Wildman–Crippen MR) is 36.1 cm³/mol. The minimum absolute atomic E-state index is 0.202. The Bertz CT molecular complexity index is 293. The Morgan fingerprint density at radius 2 is 1.75 bits per heavy atom. The zero-order valence-electron chi connectivity index (χ0n) is 6.24. The van der Waals surface area contributed by atoms with E-state index < -0.39 is 23.6 Å². The number of hydrogen-bond donors (Lipinski definition) is 0. The normalized spacial score (nSPS) is 10.8. The molecule has 1 aromatic carbocycles. The van der Waals surface area contributed by atoms with Gasteiger partial charge in [0.2, 0.25) is 0 Å². The van der Waals surface area contributed by atoms with Crippen LogP contribution in [-0.4, -0.2) is 0 Å². The highest BCUT2D eigenvalue weighted by Gasteiger charge is 2.14. The van der Waals surface area contributed by atoms with Crippen LogP contribution in [0.2, 0.25) is 0 Å². The first-order chi connectivity index (χ1) is 5.52. The van der Waals surface area contributed by atoms with Crippen LogP contribution in [0.3, 0.4) is 0 Å². The average molecular weight is 178 g/mol. The van der Waals surface area contributed by atoms with Crippen molar-refractivity contribution in [3.63, 3.8) is 0 Å². The summed E-state index contributed by atoms with van der Waals surface area (Å²) in [5.41, 5.74) is -0.793. The summed E-state index contributed by atoms with van der Waals surface area (Å²) in [6.45, 7) is 1.19. The van der Waals surface area contributed by atoms with Crippen LogP contribution in [0.4, 0.5) is 17.6 Å². The van der Waals surface area contributed by atoms with Gasteiger partial charge in [-0.15, -0.1) is 0 Å². The van der Waals surface area contributed by atoms with E-state index in [0.717, 1.165) is 0 Å². The molecule has 12 heavy (non-hydrogen) atoms. The molecule has 0 saturated carbocycles. The van der Waals surface area contributed by atoms with Gasteiger partial charge in [-0.25, -0.2) is 17.6 Å². The van der Waals surface area contributed by atoms with Crippen LogP contribution in [-0.2, 0) is 0 Å². The van der Waals surface area contributed by atoms with Crippen molar-refractivity contribution in [3.05, 3.63) is 34.9 Å². The number of alkyl halides is 2. The largest absolute Gasteiger partial charge is 0.264 e. The van der Waals surface area contributed by atoms with Gasteiger partial charge in [-0.05, 0) is 18.6 Å². The van der Waals surface area contributed by atoms with E-state index in [4.69, 9.17) is 0 Å². The molecule has 4 heteroatoms. The maximum absolute atomic E-state index is 12.6. The van der Waals surface area contributed by atoms with Crippen LogP contribution >= 0.6 is 0 Å². The third kappa shape index (κ3) is 1.57. The van der Waals surface area contributed by atoms with E-state index in [0.29, 0.717) is 12.1 Å². The number of hydrogen-bond acceptors (Lipinski definition) is 0. The molecular formula is C8H6F4. The fraction of sp³-hybridized carbons (Fsp3) is 0.250. The molecular weight excluding hydrogens is 172 g/mol. The zero-order valence-corrected chi connectivity index (χ0v) is 6.24. The maximum atomic E-state index is 12.6. The average Bonchev–Trinajstić information content (AvgIpc) is 1.96. The van der Waals surface area contributed by atoms with E-state index in [1.807, 2.05) is 0 Å². The van der Waals surface area contributed by atoms with Crippen molar-refractivity contribution in [3.8, 4) is 0 Å². The van der Waals surface area contributed by atoms with Crippen LogP contribution < -0.4 is 0 Å². The first-order valence-corrected chi connectivity index (χ1v) is 3.26. The minimum Gasteiger partial charge on any atom is -0.207 e. The third-order valence-corrected chi connectivity index (χ3v) is 1.58. The summed E-state index contributed by atoms with van der Waals surface area (Å²) >= 11 is 0. The standard InChI is InChI=1S/C8H6F4/c1-4-6(8(11)12)2-5(9)3-7(4)10/h2-3,8H,1H3. The van der Waals surface area contributed by atoms with E-state index in [1.165, 1.54) is 6.92 Å². The van der Waals surface area contributed by atoms with Crippen LogP contribution in [0.1, 0.15) is 17.6 Å². The van der Waals surface area contributed by atoms with E-state index in [9.17, 15) is 17.6 Å². The van der Waals surface area contributed by atoms with Crippen molar-refractivity contribution in [1.82, 2.24) is 0 Å². The van der Waals surface area contributed by atoms with E-state index in [2.05, 4.69) is 0 Å². The molecule has 0 spiro atoms. The molecule has 0 aromatic heterocycles. The Morgan fingerprint density at radius 1 is 1.17 bits per heavy atom. The number of rotatable bonds is 1. The molecule has 1 aromatic rings. The SMILES string of the molecule is Cc1c(F)cc(F)cc1C(F)F. The highest BCUT2D eigenvalue weighted by Crippen LogP contribution is 2.25. The summed E-state index contributed by atoms with van der Waals surface area (Å²) in [6, 6.07) is 1.23. The van der Waals surface area contributed by atoms with Crippen LogP contribution in [0, 0.1) is 18.6 Å². The molecule has 0 amide bonds. The molecule has 0 N–H and O–H groups in total. The Kier molecular flexibility index (Phi) is 2.35. The second-order valence-electron chi connectivity index (χ2n) is 2.40. The molecule has 0 unspecified atom stereocenters. The van der Waals surface area contributed by atoms with Gasteiger partial charge >= 0.3 is 0 Å². The summed E-state index contributed by atoms with van der Waals surface area (Å²) in [5, 5.41) is 0. The quantitative estimate of drug-likeness (QED) is 0.579. The second kappa shape index (κ2) is 3.13. The topological polar surface area (TPSA) is 0 Å². The van der Waals surface area contributed by atoms with E-state index in [-0.39, 0.29) is 5.56 Å². The second-order valence-corrected chi connectivity index (χ2v) is 2.40. The molecule has 0 aliphatic carbocycles. The van der Waals surface area contributed by atoms with Gasteiger partial charge in [-0.1, -0.05) is 0 Å². The van der Waals surface area contributed by atoms with Crippen molar-refractivity contribution >= 4 is 0 Å². The maximum Gasteiger partial charge on any atom is 0.264 e. The lowest BCUT2D eigenvalue weighted by atomic mass is 10.1. The molecule has 0 aliphatic rings. The van der Waals surface area contributed by atoms with Gasteiger partial charge in [-0.2, -0.15) is 0 Å². The van der Waals surface area contributed by atoms with Crippen LogP contribution in [0.25, 0.3) is 0 Å². The van der Waals surface area contributed by atoms with Gasteiger partial charge in [0.05, 0.1) is 0 Å². The van der Waals surface area contributed by atoms with Crippen molar-refractivity contribution in [1.29, 1.82) is 0 Å². The molecule has 0 heterocycles. The Balaban J connectivity index is 3.28. The molecule has 0 radical (unpaired) electrons. The molecule has 0 bridgehead atoms. The van der Waals surface area contributed by atoms with Gasteiger partial charge in [0.25, 0.3) is 6.43 Å². The molecule has 66 valence electrons. The fourth-order valence-electron chi connectivity index (χ4n) is 0.892. The lowest BCUT2D eigenvalue weighted by molar-refractivity contribution is 0.149. The van der Waals surface area contributed by atoms with Gasteiger partial charge in [-0.3, -0.25) is 0 Å². The number of benzene rings is 1. The highest BCUT2D eigenvalue weighted by atomic mass is 19.3. The van der Waals surface area contributed by atoms with E-state index in [1.54, 1.807) is 0 Å². The van der Waals surface area contributed by atoms with Crippen molar-refractivity contribution in [2.45, 2.75) is 13.3 Å². The summed E-state index contributed by atoms with van der Waals surface area (Å²) in [6.07, 6.45) is -2.84. The molecule has 0 fully saturated rings. The van der Waals surface area contributed by atoms with Gasteiger partial charge in [0.1, 0.15) is 11.6 Å². The first kappa shape index (κ1) is 9.03. The van der Waals surface area contributed by atoms with Gasteiger partial charge in [0.15, 0.2) is 0 Å². The van der Waals surface area contributed by atoms with Crippen LogP contribution in [0.5, 0.6) is 0 Å². The van der Waals surface area contributed by atoms with Crippen molar-refractivity contribution in [2.24, 2.45) is 0 Å². The number of halogens is 4. The molecule has 0 atom stereocenters. The molecule has 0 aliphatic heterocycles.